The van der Waals surface area contributed by atoms with Crippen LogP contribution in [-0.4, -0.2) is 40.4 Å². The van der Waals surface area contributed by atoms with Crippen molar-refractivity contribution in [2.75, 3.05) is 17.3 Å². The third kappa shape index (κ3) is 11.3. The van der Waals surface area contributed by atoms with Gasteiger partial charge in [0.1, 0.15) is 11.2 Å². The first kappa shape index (κ1) is 27.9. The van der Waals surface area contributed by atoms with E-state index < -0.39 is 17.3 Å². The Morgan fingerprint density at radius 2 is 1.15 bits per heavy atom. The van der Waals surface area contributed by atoms with Gasteiger partial charge in [0.05, 0.1) is 5.69 Å². The van der Waals surface area contributed by atoms with E-state index in [1.165, 1.54) is 4.90 Å². The summed E-state index contributed by atoms with van der Waals surface area (Å²) in [5.41, 5.74) is 4.04. The van der Waals surface area contributed by atoms with Crippen LogP contribution in [0.15, 0.2) is 24.3 Å². The van der Waals surface area contributed by atoms with Crippen LogP contribution in [0, 0.1) is 27.7 Å². The number of ether oxygens (including phenoxy) is 2. The lowest BCUT2D eigenvalue weighted by Gasteiger charge is -2.24. The third-order valence-electron chi connectivity index (χ3n) is 3.85. The van der Waals surface area contributed by atoms with Crippen LogP contribution in [0.2, 0.25) is 0 Å². The molecule has 0 aromatic carbocycles. The first-order chi connectivity index (χ1) is 14.9. The SMILES string of the molecule is Cc1cc(N(C)C(=O)OC(C)(C)C)cc(C)n1.Cc1cc(NC(=O)OC(C)(C)C)cc(C)n1. The summed E-state index contributed by atoms with van der Waals surface area (Å²) in [4.78, 5) is 33.4. The highest BCUT2D eigenvalue weighted by Crippen LogP contribution is 2.18. The number of amides is 2. The summed E-state index contributed by atoms with van der Waals surface area (Å²) in [6, 6.07) is 7.32. The average Bonchev–Trinajstić information content (AvgIpc) is 2.56. The Morgan fingerprint density at radius 3 is 1.55 bits per heavy atom. The molecular formula is C25H38N4O4. The summed E-state index contributed by atoms with van der Waals surface area (Å²) in [5, 5.41) is 2.68. The van der Waals surface area contributed by atoms with E-state index in [4.69, 9.17) is 9.47 Å². The Bertz CT molecular complexity index is 935. The number of hydrogen-bond donors (Lipinski definition) is 1. The zero-order valence-electron chi connectivity index (χ0n) is 21.8. The predicted octanol–water partition coefficient (Wildman–Crippen LogP) is 6.12. The maximum absolute atomic E-state index is 11.9. The maximum atomic E-state index is 11.9. The van der Waals surface area contributed by atoms with Crippen LogP contribution in [0.25, 0.3) is 0 Å². The van der Waals surface area contributed by atoms with Gasteiger partial charge in [-0.1, -0.05) is 0 Å². The molecule has 33 heavy (non-hydrogen) atoms. The minimum atomic E-state index is -0.485. The highest BCUT2D eigenvalue weighted by Gasteiger charge is 2.21. The van der Waals surface area contributed by atoms with Crippen LogP contribution in [0.1, 0.15) is 64.3 Å². The fraction of sp³-hybridized carbons (Fsp3) is 0.520. The number of rotatable bonds is 2. The number of pyridine rings is 2. The lowest BCUT2D eigenvalue weighted by molar-refractivity contribution is 0.0587. The highest BCUT2D eigenvalue weighted by atomic mass is 16.6. The molecule has 1 N–H and O–H groups in total. The Kier molecular flexibility index (Phi) is 9.39. The van der Waals surface area contributed by atoms with Crippen molar-refractivity contribution in [1.82, 2.24) is 9.97 Å². The minimum absolute atomic E-state index is 0.359. The van der Waals surface area contributed by atoms with Crippen molar-refractivity contribution < 1.29 is 19.1 Å². The zero-order valence-corrected chi connectivity index (χ0v) is 21.8. The molecule has 2 aromatic rings. The Morgan fingerprint density at radius 1 is 0.758 bits per heavy atom. The van der Waals surface area contributed by atoms with Crippen molar-refractivity contribution in [1.29, 1.82) is 0 Å². The smallest absolute Gasteiger partial charge is 0.414 e. The molecule has 0 unspecified atom stereocenters. The molecule has 0 fully saturated rings. The van der Waals surface area contributed by atoms with E-state index in [0.29, 0.717) is 5.69 Å². The van der Waals surface area contributed by atoms with Gasteiger partial charge in [-0.15, -0.1) is 0 Å². The van der Waals surface area contributed by atoms with Crippen LogP contribution in [0.3, 0.4) is 0 Å². The molecule has 0 aliphatic rings. The molecular weight excluding hydrogens is 420 g/mol. The molecule has 0 atom stereocenters. The molecule has 2 aromatic heterocycles. The van der Waals surface area contributed by atoms with Gasteiger partial charge in [0.25, 0.3) is 0 Å². The molecule has 182 valence electrons. The summed E-state index contributed by atoms with van der Waals surface area (Å²) in [6.45, 7) is 18.6. The van der Waals surface area contributed by atoms with Gasteiger partial charge >= 0.3 is 12.2 Å². The van der Waals surface area contributed by atoms with Gasteiger partial charge in [-0.3, -0.25) is 20.2 Å². The van der Waals surface area contributed by atoms with Gasteiger partial charge in [0.2, 0.25) is 0 Å². The van der Waals surface area contributed by atoms with Gasteiger partial charge in [-0.25, -0.2) is 9.59 Å². The Balaban J connectivity index is 0.000000331. The molecule has 0 bridgehead atoms. The first-order valence-corrected chi connectivity index (χ1v) is 10.8. The highest BCUT2D eigenvalue weighted by molar-refractivity contribution is 5.87. The second-order valence-electron chi connectivity index (χ2n) is 9.91. The monoisotopic (exact) mass is 458 g/mol. The van der Waals surface area contributed by atoms with Crippen LogP contribution < -0.4 is 10.2 Å². The molecule has 0 radical (unpaired) electrons. The summed E-state index contributed by atoms with van der Waals surface area (Å²) < 4.78 is 10.5. The van der Waals surface area contributed by atoms with E-state index in [0.717, 1.165) is 28.5 Å². The fourth-order valence-corrected chi connectivity index (χ4v) is 2.77. The van der Waals surface area contributed by atoms with Gasteiger partial charge in [-0.05, 0) is 93.5 Å². The molecule has 2 amide bonds. The maximum Gasteiger partial charge on any atom is 0.414 e. The molecule has 0 aliphatic carbocycles. The lowest BCUT2D eigenvalue weighted by atomic mass is 10.2. The standard InChI is InChI=1S/C13H20N2O2.C12H18N2O2/c1-9-7-11(8-10(2)14-9)15(6)12(16)17-13(3,4)5;1-8-6-10(7-9(2)13-8)14-11(15)16-12(3,4)5/h7-8H,1-6H3;6-7H,1-5H3,(H,13,14,15). The molecule has 8 nitrogen and oxygen atoms in total. The summed E-state index contributed by atoms with van der Waals surface area (Å²) in [7, 11) is 1.70. The second kappa shape index (κ2) is 11.1. The van der Waals surface area contributed by atoms with Crippen molar-refractivity contribution >= 4 is 23.6 Å². The second-order valence-corrected chi connectivity index (χ2v) is 9.91. The largest absolute Gasteiger partial charge is 0.444 e. The third-order valence-corrected chi connectivity index (χ3v) is 3.85. The molecule has 2 rings (SSSR count). The summed E-state index contributed by atoms with van der Waals surface area (Å²) in [5.74, 6) is 0. The van der Waals surface area contributed by atoms with Crippen LogP contribution in [0.5, 0.6) is 0 Å². The van der Waals surface area contributed by atoms with Crippen molar-refractivity contribution in [3.63, 3.8) is 0 Å². The number of carbonyl (C=O) groups excluding carboxylic acids is 2. The Hall–Kier alpha value is -3.16. The van der Waals surface area contributed by atoms with Crippen LogP contribution in [-0.2, 0) is 9.47 Å². The van der Waals surface area contributed by atoms with Gasteiger partial charge in [0, 0.05) is 35.5 Å². The fourth-order valence-electron chi connectivity index (χ4n) is 2.77. The molecule has 0 saturated carbocycles. The minimum Gasteiger partial charge on any atom is -0.444 e. The van der Waals surface area contributed by atoms with E-state index in [9.17, 15) is 9.59 Å². The number of nitrogens with one attached hydrogen (secondary N) is 1. The van der Waals surface area contributed by atoms with Gasteiger partial charge < -0.3 is 9.47 Å². The van der Waals surface area contributed by atoms with Crippen LogP contribution >= 0.6 is 0 Å². The Labute approximate surface area is 197 Å². The van der Waals surface area contributed by atoms with Crippen molar-refractivity contribution in [3.8, 4) is 0 Å². The number of carbonyl (C=O) groups is 2. The molecule has 2 heterocycles. The number of hydrogen-bond acceptors (Lipinski definition) is 6. The van der Waals surface area contributed by atoms with Crippen LogP contribution in [0.4, 0.5) is 21.0 Å². The average molecular weight is 459 g/mol. The predicted molar refractivity (Wildman–Crippen MR) is 132 cm³/mol. The molecule has 8 heteroatoms. The first-order valence-electron chi connectivity index (χ1n) is 10.8. The number of aryl methyl sites for hydroxylation is 4. The van der Waals surface area contributed by atoms with Crippen molar-refractivity contribution in [2.45, 2.75) is 80.4 Å². The summed E-state index contributed by atoms with van der Waals surface area (Å²) in [6.07, 6.45) is -0.806. The van der Waals surface area contributed by atoms with Gasteiger partial charge in [0.15, 0.2) is 0 Å². The lowest BCUT2D eigenvalue weighted by Crippen LogP contribution is -2.34. The van der Waals surface area contributed by atoms with E-state index in [1.54, 1.807) is 19.2 Å². The van der Waals surface area contributed by atoms with E-state index in [2.05, 4.69) is 15.3 Å². The topological polar surface area (TPSA) is 93.7 Å². The van der Waals surface area contributed by atoms with E-state index >= 15 is 0 Å². The summed E-state index contributed by atoms with van der Waals surface area (Å²) >= 11 is 0. The van der Waals surface area contributed by atoms with Crippen molar-refractivity contribution in [2.24, 2.45) is 0 Å². The van der Waals surface area contributed by atoms with E-state index in [1.807, 2.05) is 81.4 Å². The molecule has 0 aliphatic heterocycles. The van der Waals surface area contributed by atoms with Crippen molar-refractivity contribution in [3.05, 3.63) is 47.0 Å². The number of aromatic nitrogens is 2. The zero-order chi connectivity index (χ0) is 25.6. The normalized spacial score (nSPS) is 11.1. The van der Waals surface area contributed by atoms with E-state index in [-0.39, 0.29) is 6.09 Å². The molecule has 0 spiro atoms. The number of anilines is 2. The quantitative estimate of drug-likeness (QED) is 0.583. The molecule has 0 saturated heterocycles. The number of nitrogens with zero attached hydrogens (tertiary/aromatic N) is 3. The van der Waals surface area contributed by atoms with Gasteiger partial charge in [-0.2, -0.15) is 0 Å².